The van der Waals surface area contributed by atoms with Gasteiger partial charge in [0, 0.05) is 22.0 Å². The molecule has 4 nitrogen and oxygen atoms in total. The van der Waals surface area contributed by atoms with Gasteiger partial charge in [-0.3, -0.25) is 0 Å². The zero-order valence-corrected chi connectivity index (χ0v) is 7.20. The van der Waals surface area contributed by atoms with Crippen molar-refractivity contribution < 1.29 is 0 Å². The Balaban J connectivity index is 3.14. The monoisotopic (exact) mass is 180 g/mol. The molecule has 0 amide bonds. The summed E-state index contributed by atoms with van der Waals surface area (Å²) in [5, 5.41) is 3.44. The van der Waals surface area contributed by atoms with Crippen LogP contribution in [-0.2, 0) is 5.75 Å². The van der Waals surface area contributed by atoms with Crippen molar-refractivity contribution in [1.29, 1.82) is 0 Å². The van der Waals surface area contributed by atoms with Crippen LogP contribution >= 0.6 is 12.6 Å². The Morgan fingerprint density at radius 1 is 1.50 bits per heavy atom. The molecule has 0 aliphatic carbocycles. The average molecular weight is 180 g/mol. The third-order valence-electron chi connectivity index (χ3n) is 1.34. The number of rotatable bonds is 2. The van der Waals surface area contributed by atoms with Crippen LogP contribution in [0.3, 0.4) is 0 Å². The third-order valence-corrected chi connectivity index (χ3v) is 1.71. The molecule has 0 saturated heterocycles. The van der Waals surface area contributed by atoms with Gasteiger partial charge in [-0.05, 0) is 29.3 Å². The number of azide groups is 1. The Hall–Kier alpha value is -1.32. The van der Waals surface area contributed by atoms with Gasteiger partial charge in [0.25, 0.3) is 0 Å². The number of nitrogens with two attached hydrogens (primary N) is 1. The minimum Gasteiger partial charge on any atom is -0.399 e. The number of anilines is 1. The summed E-state index contributed by atoms with van der Waals surface area (Å²) in [5.41, 5.74) is 15.8. The second-order valence-electron chi connectivity index (χ2n) is 2.28. The molecule has 0 aliphatic heterocycles. The number of hydrogen-bond donors (Lipinski definition) is 2. The van der Waals surface area contributed by atoms with Crippen LogP contribution < -0.4 is 5.73 Å². The van der Waals surface area contributed by atoms with Crippen LogP contribution in [0, 0.1) is 0 Å². The fourth-order valence-corrected chi connectivity index (χ4v) is 1.08. The fraction of sp³-hybridized carbons (Fsp3) is 0.143. The molecule has 0 fully saturated rings. The van der Waals surface area contributed by atoms with Gasteiger partial charge in [-0.25, -0.2) is 0 Å². The molecular formula is C7H8N4S. The zero-order valence-electron chi connectivity index (χ0n) is 6.31. The third kappa shape index (κ3) is 2.08. The molecule has 0 aromatic heterocycles. The molecule has 0 bridgehead atoms. The van der Waals surface area contributed by atoms with Crippen molar-refractivity contribution in [3.05, 3.63) is 34.2 Å². The van der Waals surface area contributed by atoms with E-state index in [4.69, 9.17) is 11.3 Å². The standard InChI is InChI=1S/C7H8N4S/c8-6-1-5(4-12)2-7(3-6)10-11-9/h1-3,12H,4,8H2. The Bertz CT molecular complexity index is 330. The number of benzene rings is 1. The van der Waals surface area contributed by atoms with Crippen LogP contribution in [0.2, 0.25) is 0 Å². The lowest BCUT2D eigenvalue weighted by Gasteiger charge is -1.99. The Kier molecular flexibility index (Phi) is 2.85. The van der Waals surface area contributed by atoms with Crippen LogP contribution in [-0.4, -0.2) is 0 Å². The molecule has 0 atom stereocenters. The van der Waals surface area contributed by atoms with E-state index in [9.17, 15) is 0 Å². The quantitative estimate of drug-likeness (QED) is 0.237. The molecule has 0 radical (unpaired) electrons. The summed E-state index contributed by atoms with van der Waals surface area (Å²) in [6.45, 7) is 0. The predicted molar refractivity (Wildman–Crippen MR) is 52.4 cm³/mol. The van der Waals surface area contributed by atoms with Crippen molar-refractivity contribution in [1.82, 2.24) is 0 Å². The van der Waals surface area contributed by atoms with Gasteiger partial charge in [-0.15, -0.1) is 0 Å². The number of hydrogen-bond acceptors (Lipinski definition) is 3. The average Bonchev–Trinajstić information content (AvgIpc) is 2.04. The van der Waals surface area contributed by atoms with Crippen LogP contribution in [0.15, 0.2) is 23.3 Å². The van der Waals surface area contributed by atoms with Crippen molar-refractivity contribution in [2.24, 2.45) is 5.11 Å². The predicted octanol–water partition coefficient (Wildman–Crippen LogP) is 2.64. The topological polar surface area (TPSA) is 74.8 Å². The van der Waals surface area contributed by atoms with Gasteiger partial charge in [0.15, 0.2) is 0 Å². The summed E-state index contributed by atoms with van der Waals surface area (Å²) in [4.78, 5) is 2.67. The van der Waals surface area contributed by atoms with E-state index in [1.807, 2.05) is 0 Å². The molecule has 1 aromatic rings. The Labute approximate surface area is 75.4 Å². The maximum atomic E-state index is 8.17. The highest BCUT2D eigenvalue weighted by Crippen LogP contribution is 2.20. The van der Waals surface area contributed by atoms with Gasteiger partial charge in [0.05, 0.1) is 0 Å². The van der Waals surface area contributed by atoms with Crippen molar-refractivity contribution >= 4 is 24.0 Å². The summed E-state index contributed by atoms with van der Waals surface area (Å²) in [6, 6.07) is 5.17. The maximum absolute atomic E-state index is 8.17. The molecule has 12 heavy (non-hydrogen) atoms. The highest BCUT2D eigenvalue weighted by atomic mass is 32.1. The second kappa shape index (κ2) is 3.90. The highest BCUT2D eigenvalue weighted by Gasteiger charge is 1.94. The molecule has 2 N–H and O–H groups in total. The minimum atomic E-state index is 0.529. The summed E-state index contributed by atoms with van der Waals surface area (Å²) in [6.07, 6.45) is 0. The summed E-state index contributed by atoms with van der Waals surface area (Å²) in [7, 11) is 0. The van der Waals surface area contributed by atoms with Crippen LogP contribution in [0.5, 0.6) is 0 Å². The van der Waals surface area contributed by atoms with E-state index in [-0.39, 0.29) is 0 Å². The number of nitrogen functional groups attached to an aromatic ring is 1. The van der Waals surface area contributed by atoms with Gasteiger partial charge in [-0.1, -0.05) is 5.11 Å². The van der Waals surface area contributed by atoms with Crippen LogP contribution in [0.4, 0.5) is 11.4 Å². The van der Waals surface area contributed by atoms with E-state index < -0.39 is 0 Å². The minimum absolute atomic E-state index is 0.529. The van der Waals surface area contributed by atoms with Crippen molar-refractivity contribution in [3.8, 4) is 0 Å². The molecule has 5 heteroatoms. The molecule has 0 aliphatic rings. The van der Waals surface area contributed by atoms with E-state index in [0.717, 1.165) is 5.56 Å². The summed E-state index contributed by atoms with van der Waals surface area (Å²) >= 11 is 4.08. The molecule has 1 aromatic carbocycles. The SMILES string of the molecule is [N-]=[N+]=Nc1cc(N)cc(CS)c1. The van der Waals surface area contributed by atoms with Crippen LogP contribution in [0.25, 0.3) is 10.4 Å². The molecule has 0 saturated carbocycles. The normalized spacial score (nSPS) is 9.08. The first-order chi connectivity index (χ1) is 5.76. The first-order valence-electron chi connectivity index (χ1n) is 3.31. The lowest BCUT2D eigenvalue weighted by atomic mass is 10.2. The lowest BCUT2D eigenvalue weighted by molar-refractivity contribution is 1.38. The van der Waals surface area contributed by atoms with Crippen molar-refractivity contribution in [3.63, 3.8) is 0 Å². The number of thiol groups is 1. The molecule has 0 spiro atoms. The fourth-order valence-electron chi connectivity index (χ4n) is 0.900. The molecular weight excluding hydrogens is 172 g/mol. The van der Waals surface area contributed by atoms with E-state index >= 15 is 0 Å². The van der Waals surface area contributed by atoms with Crippen molar-refractivity contribution in [2.45, 2.75) is 5.75 Å². The van der Waals surface area contributed by atoms with Crippen molar-refractivity contribution in [2.75, 3.05) is 5.73 Å². The smallest absolute Gasteiger partial charge is 0.0398 e. The molecule has 0 unspecified atom stereocenters. The van der Waals surface area contributed by atoms with Gasteiger partial charge < -0.3 is 5.73 Å². The lowest BCUT2D eigenvalue weighted by Crippen LogP contribution is -1.86. The van der Waals surface area contributed by atoms with Gasteiger partial charge in [0.2, 0.25) is 0 Å². The summed E-state index contributed by atoms with van der Waals surface area (Å²) in [5.74, 6) is 0.582. The van der Waals surface area contributed by atoms with Crippen LogP contribution in [0.1, 0.15) is 5.56 Å². The van der Waals surface area contributed by atoms with E-state index in [0.29, 0.717) is 17.1 Å². The molecule has 62 valence electrons. The van der Waals surface area contributed by atoms with Gasteiger partial charge in [0.1, 0.15) is 0 Å². The first-order valence-corrected chi connectivity index (χ1v) is 3.95. The second-order valence-corrected chi connectivity index (χ2v) is 2.60. The molecule has 1 rings (SSSR count). The van der Waals surface area contributed by atoms with E-state index in [1.165, 1.54) is 0 Å². The maximum Gasteiger partial charge on any atom is 0.0398 e. The van der Waals surface area contributed by atoms with Gasteiger partial charge >= 0.3 is 0 Å². The van der Waals surface area contributed by atoms with E-state index in [1.54, 1.807) is 18.2 Å². The highest BCUT2D eigenvalue weighted by molar-refractivity contribution is 7.79. The number of nitrogens with zero attached hydrogens (tertiary/aromatic N) is 3. The largest absolute Gasteiger partial charge is 0.399 e. The Morgan fingerprint density at radius 3 is 2.83 bits per heavy atom. The van der Waals surface area contributed by atoms with Gasteiger partial charge in [-0.2, -0.15) is 12.6 Å². The first kappa shape index (κ1) is 8.77. The molecule has 0 heterocycles. The Morgan fingerprint density at radius 2 is 2.25 bits per heavy atom. The zero-order chi connectivity index (χ0) is 8.97. The van der Waals surface area contributed by atoms with E-state index in [2.05, 4.69) is 22.7 Å². The summed E-state index contributed by atoms with van der Waals surface area (Å²) < 4.78 is 0.